The van der Waals surface area contributed by atoms with Crippen LogP contribution in [0, 0.1) is 20.8 Å². The van der Waals surface area contributed by atoms with Crippen molar-refractivity contribution in [2.45, 2.75) is 30.6 Å². The summed E-state index contributed by atoms with van der Waals surface area (Å²) in [6, 6.07) is 21.4. The third-order valence-electron chi connectivity index (χ3n) is 7.22. The summed E-state index contributed by atoms with van der Waals surface area (Å²) >= 11 is 0. The van der Waals surface area contributed by atoms with E-state index in [-0.39, 0.29) is 32.7 Å². The molecule has 2 N–H and O–H groups in total. The van der Waals surface area contributed by atoms with Crippen LogP contribution >= 0.6 is 0 Å². The molecule has 0 saturated heterocycles. The predicted octanol–water partition coefficient (Wildman–Crippen LogP) is 3.77. The molecule has 13 nitrogen and oxygen atoms in total. The maximum Gasteiger partial charge on any atom is 0.296 e. The van der Waals surface area contributed by atoms with Gasteiger partial charge in [0.05, 0.1) is 21.2 Å². The van der Waals surface area contributed by atoms with E-state index in [9.17, 15) is 26.4 Å². The monoisotopic (exact) mass is 661 g/mol. The number of aryl methyl sites for hydroxylation is 2. The lowest BCUT2D eigenvalue weighted by atomic mass is 10.2. The first-order valence-corrected chi connectivity index (χ1v) is 16.8. The first-order chi connectivity index (χ1) is 21.7. The highest BCUT2D eigenvalue weighted by molar-refractivity contribution is 7.93. The molecule has 15 heteroatoms. The van der Waals surface area contributed by atoms with Crippen LogP contribution in [0.1, 0.15) is 27.4 Å². The van der Waals surface area contributed by atoms with E-state index in [4.69, 9.17) is 0 Å². The molecule has 0 saturated carbocycles. The van der Waals surface area contributed by atoms with Gasteiger partial charge in [-0.15, -0.1) is 0 Å². The van der Waals surface area contributed by atoms with Crippen LogP contribution in [0.2, 0.25) is 0 Å². The maximum atomic E-state index is 13.7. The first kappa shape index (κ1) is 32.1. The smallest absolute Gasteiger partial charge is 0.296 e. The third-order valence-corrected chi connectivity index (χ3v) is 10.3. The highest BCUT2D eigenvalue weighted by Crippen LogP contribution is 2.25. The lowest BCUT2D eigenvalue weighted by molar-refractivity contribution is 0.102. The van der Waals surface area contributed by atoms with Crippen molar-refractivity contribution in [1.82, 2.24) is 19.3 Å². The number of amides is 1. The van der Waals surface area contributed by atoms with Crippen molar-refractivity contribution in [2.24, 2.45) is 7.05 Å². The molecule has 0 aliphatic carbocycles. The number of nitrogens with zero attached hydrogens (tertiary/aromatic N) is 5. The fraction of sp³-hybridized carbons (Fsp3) is 0.161. The Hall–Kier alpha value is -5.28. The zero-order chi connectivity index (χ0) is 33.4. The number of para-hydroxylation sites is 1. The highest BCUT2D eigenvalue weighted by atomic mass is 32.2. The number of benzene rings is 3. The van der Waals surface area contributed by atoms with E-state index in [1.54, 1.807) is 62.8 Å². The molecule has 1 amide bonds. The number of anilines is 3. The van der Waals surface area contributed by atoms with Crippen molar-refractivity contribution in [3.05, 3.63) is 118 Å². The van der Waals surface area contributed by atoms with Crippen LogP contribution in [0.5, 0.6) is 0 Å². The second-order valence-electron chi connectivity index (χ2n) is 10.5. The average molecular weight is 662 g/mol. The van der Waals surface area contributed by atoms with Crippen LogP contribution in [-0.4, -0.2) is 49.1 Å². The Bertz CT molecular complexity index is 2210. The van der Waals surface area contributed by atoms with Gasteiger partial charge in [-0.2, -0.15) is 0 Å². The lowest BCUT2D eigenvalue weighted by Crippen LogP contribution is -2.32. The molecule has 0 unspecified atom stereocenters. The minimum Gasteiger partial charge on any atom is -0.322 e. The number of hydrogen-bond acceptors (Lipinski definition) is 8. The van der Waals surface area contributed by atoms with Crippen LogP contribution in [0.3, 0.4) is 0 Å². The van der Waals surface area contributed by atoms with Crippen LogP contribution in [-0.2, 0) is 27.1 Å². The lowest BCUT2D eigenvalue weighted by Gasteiger charge is -2.18. The van der Waals surface area contributed by atoms with Crippen molar-refractivity contribution in [3.63, 3.8) is 0 Å². The normalized spacial score (nSPS) is 11.7. The number of nitrogens with one attached hydrogen (secondary N) is 2. The molecule has 238 valence electrons. The minimum absolute atomic E-state index is 0.0326. The topological polar surface area (TPSA) is 165 Å². The van der Waals surface area contributed by atoms with Crippen molar-refractivity contribution in [2.75, 3.05) is 21.4 Å². The molecule has 0 bridgehead atoms. The third kappa shape index (κ3) is 6.27. The molecule has 0 radical (unpaired) electrons. The van der Waals surface area contributed by atoms with E-state index in [1.807, 2.05) is 6.07 Å². The Morgan fingerprint density at radius 3 is 2.07 bits per heavy atom. The molecule has 2 heterocycles. The fourth-order valence-electron chi connectivity index (χ4n) is 4.86. The van der Waals surface area contributed by atoms with Crippen molar-refractivity contribution < 1.29 is 21.6 Å². The molecule has 0 fully saturated rings. The molecule has 3 aromatic carbocycles. The quantitative estimate of drug-likeness (QED) is 0.241. The van der Waals surface area contributed by atoms with Gasteiger partial charge < -0.3 is 5.32 Å². The summed E-state index contributed by atoms with van der Waals surface area (Å²) in [4.78, 5) is 34.5. The van der Waals surface area contributed by atoms with Gasteiger partial charge in [0.1, 0.15) is 5.69 Å². The largest absolute Gasteiger partial charge is 0.322 e. The summed E-state index contributed by atoms with van der Waals surface area (Å²) < 4.78 is 59.3. The molecule has 46 heavy (non-hydrogen) atoms. The van der Waals surface area contributed by atoms with Gasteiger partial charge in [-0.05, 0) is 81.4 Å². The van der Waals surface area contributed by atoms with Gasteiger partial charge in [-0.3, -0.25) is 18.6 Å². The number of hydrogen-bond donors (Lipinski definition) is 2. The Morgan fingerprint density at radius 2 is 1.43 bits per heavy atom. The number of rotatable bonds is 9. The number of carbonyl (C=O) groups excluding carboxylic acids is 1. The summed E-state index contributed by atoms with van der Waals surface area (Å²) in [6.45, 7) is 5.09. The van der Waals surface area contributed by atoms with Crippen LogP contribution < -0.4 is 19.9 Å². The fourth-order valence-corrected chi connectivity index (χ4v) is 7.10. The van der Waals surface area contributed by atoms with E-state index in [0.29, 0.717) is 22.8 Å². The molecular formula is C31H31N7O6S2. The van der Waals surface area contributed by atoms with E-state index < -0.39 is 31.5 Å². The molecule has 0 aliphatic rings. The highest BCUT2D eigenvalue weighted by Gasteiger charge is 2.29. The standard InChI is InChI=1S/C31H31N7O6S2/c1-20-18-21(2)33-31(32-20)35-45(41,42)26-16-14-24(15-17-26)34-29(39)23-10-9-13-27(19-23)46(43,44)37(5)28-22(3)36(4)38(30(28)40)25-11-7-6-8-12-25/h6-19H,1-5H3,(H,34,39)(H,32,33,35). The molecule has 5 aromatic rings. The van der Waals surface area contributed by atoms with Crippen LogP contribution in [0.15, 0.2) is 99.5 Å². The minimum atomic E-state index is -4.26. The maximum absolute atomic E-state index is 13.7. The Kier molecular flexibility index (Phi) is 8.56. The van der Waals surface area contributed by atoms with Crippen molar-refractivity contribution in [1.29, 1.82) is 0 Å². The first-order valence-electron chi connectivity index (χ1n) is 13.9. The van der Waals surface area contributed by atoms with Crippen molar-refractivity contribution >= 4 is 43.3 Å². The van der Waals surface area contributed by atoms with Gasteiger partial charge in [0.2, 0.25) is 5.95 Å². The van der Waals surface area contributed by atoms with Gasteiger partial charge in [-0.25, -0.2) is 36.2 Å². The molecule has 0 atom stereocenters. The molecular weight excluding hydrogens is 631 g/mol. The SMILES string of the molecule is Cc1cc(C)nc(NS(=O)(=O)c2ccc(NC(=O)c3cccc(S(=O)(=O)N(C)c4c(C)n(C)n(-c5ccccc5)c4=O)c3)cc2)n1. The summed E-state index contributed by atoms with van der Waals surface area (Å²) in [5.74, 6) is -0.681. The van der Waals surface area contributed by atoms with E-state index in [1.165, 1.54) is 60.3 Å². The van der Waals surface area contributed by atoms with Gasteiger partial charge in [-0.1, -0.05) is 24.3 Å². The van der Waals surface area contributed by atoms with Crippen LogP contribution in [0.25, 0.3) is 5.69 Å². The second kappa shape index (κ2) is 12.3. The molecule has 0 spiro atoms. The Morgan fingerprint density at radius 1 is 0.804 bits per heavy atom. The summed E-state index contributed by atoms with van der Waals surface area (Å²) in [6.07, 6.45) is 0. The average Bonchev–Trinajstić information content (AvgIpc) is 3.23. The van der Waals surface area contributed by atoms with Crippen molar-refractivity contribution in [3.8, 4) is 5.69 Å². The second-order valence-corrected chi connectivity index (χ2v) is 14.1. The van der Waals surface area contributed by atoms with Gasteiger partial charge in [0.15, 0.2) is 0 Å². The van der Waals surface area contributed by atoms with Crippen LogP contribution in [0.4, 0.5) is 17.3 Å². The molecule has 5 rings (SSSR count). The number of carbonyl (C=O) groups is 1. The molecule has 0 aliphatic heterocycles. The zero-order valence-electron chi connectivity index (χ0n) is 25.6. The predicted molar refractivity (Wildman–Crippen MR) is 174 cm³/mol. The number of sulfonamides is 2. The van der Waals surface area contributed by atoms with Gasteiger partial charge in [0.25, 0.3) is 31.5 Å². The summed E-state index contributed by atoms with van der Waals surface area (Å²) in [5.41, 5.74) is 1.97. The summed E-state index contributed by atoms with van der Waals surface area (Å²) in [7, 11) is -5.31. The Balaban J connectivity index is 1.35. The summed E-state index contributed by atoms with van der Waals surface area (Å²) in [5, 5.41) is 2.64. The van der Waals surface area contributed by atoms with E-state index >= 15 is 0 Å². The molecule has 2 aromatic heterocycles. The van der Waals surface area contributed by atoms with E-state index in [0.717, 1.165) is 4.31 Å². The zero-order valence-corrected chi connectivity index (χ0v) is 27.2. The number of aromatic nitrogens is 4. The van der Waals surface area contributed by atoms with E-state index in [2.05, 4.69) is 20.0 Å². The van der Waals surface area contributed by atoms with Gasteiger partial charge in [0, 0.05) is 36.7 Å². The Labute approximate surface area is 266 Å². The van der Waals surface area contributed by atoms with Gasteiger partial charge >= 0.3 is 0 Å².